The van der Waals surface area contributed by atoms with Crippen LogP contribution in [0.5, 0.6) is 5.75 Å². The van der Waals surface area contributed by atoms with Gasteiger partial charge < -0.3 is 15.8 Å². The second-order valence-corrected chi connectivity index (χ2v) is 6.13. The number of ether oxygens (including phenoxy) is 1. The predicted octanol–water partition coefficient (Wildman–Crippen LogP) is 3.71. The van der Waals surface area contributed by atoms with Gasteiger partial charge in [0.1, 0.15) is 10.7 Å². The zero-order valence-electron chi connectivity index (χ0n) is 12.4. The molecule has 0 saturated heterocycles. The summed E-state index contributed by atoms with van der Waals surface area (Å²) in [4.78, 5) is 0.423. The smallest absolute Gasteiger partial charge is 0.120 e. The number of nitrogens with one attached hydrogen (secondary N) is 1. The van der Waals surface area contributed by atoms with Crippen LogP contribution in [-0.2, 0) is 0 Å². The molecule has 0 spiro atoms. The average Bonchev–Trinajstić information content (AvgIpc) is 2.94. The van der Waals surface area contributed by atoms with Crippen LogP contribution in [0.3, 0.4) is 0 Å². The summed E-state index contributed by atoms with van der Waals surface area (Å²) in [6, 6.07) is 5.80. The highest BCUT2D eigenvalue weighted by atomic mass is 32.1. The maximum Gasteiger partial charge on any atom is 0.120 e. The van der Waals surface area contributed by atoms with Gasteiger partial charge in [0.05, 0.1) is 7.11 Å². The lowest BCUT2D eigenvalue weighted by Gasteiger charge is -2.28. The molecule has 1 aliphatic rings. The van der Waals surface area contributed by atoms with Crippen LogP contribution in [-0.4, -0.2) is 18.6 Å². The lowest BCUT2D eigenvalue weighted by Crippen LogP contribution is -2.27. The van der Waals surface area contributed by atoms with Crippen molar-refractivity contribution in [1.82, 2.24) is 0 Å². The van der Waals surface area contributed by atoms with E-state index in [0.717, 1.165) is 23.5 Å². The van der Waals surface area contributed by atoms with Gasteiger partial charge in [-0.3, -0.25) is 0 Å². The van der Waals surface area contributed by atoms with Gasteiger partial charge in [0.2, 0.25) is 0 Å². The van der Waals surface area contributed by atoms with Gasteiger partial charge in [0, 0.05) is 23.9 Å². The summed E-state index contributed by atoms with van der Waals surface area (Å²) >= 11 is 5.13. The largest absolute Gasteiger partial charge is 0.497 e. The third-order valence-electron chi connectivity index (χ3n) is 4.56. The molecule has 0 aromatic heterocycles. The first-order chi connectivity index (χ1) is 9.60. The molecular formula is C16H24N2OS. The molecule has 0 bridgehead atoms. The highest BCUT2D eigenvalue weighted by Gasteiger charge is 2.31. The maximum atomic E-state index is 5.81. The Labute approximate surface area is 126 Å². The lowest BCUT2D eigenvalue weighted by atomic mass is 9.83. The van der Waals surface area contributed by atoms with Crippen LogP contribution >= 0.6 is 12.2 Å². The van der Waals surface area contributed by atoms with E-state index in [0.29, 0.717) is 10.4 Å². The molecule has 3 nitrogen and oxygen atoms in total. The molecule has 1 fully saturated rings. The number of benzene rings is 1. The fourth-order valence-electron chi connectivity index (χ4n) is 3.07. The normalized spacial score (nSPS) is 16.9. The Morgan fingerprint density at radius 1 is 1.40 bits per heavy atom. The van der Waals surface area contributed by atoms with Crippen molar-refractivity contribution in [2.24, 2.45) is 11.1 Å². The Bertz CT molecular complexity index is 481. The van der Waals surface area contributed by atoms with E-state index in [1.54, 1.807) is 7.11 Å². The molecule has 1 aromatic carbocycles. The van der Waals surface area contributed by atoms with Gasteiger partial charge in [0.15, 0.2) is 0 Å². The van der Waals surface area contributed by atoms with Crippen molar-refractivity contribution in [2.45, 2.75) is 39.0 Å². The molecule has 1 aliphatic carbocycles. The second kappa shape index (κ2) is 6.44. The Hall–Kier alpha value is -1.29. The SMILES string of the molecule is CCC1(CNc2cc(OC)ccc2C(N)=S)CCCC1. The minimum atomic E-state index is 0.423. The number of nitrogens with two attached hydrogens (primary N) is 1. The van der Waals surface area contributed by atoms with Crippen molar-refractivity contribution in [3.05, 3.63) is 23.8 Å². The molecule has 0 atom stereocenters. The van der Waals surface area contributed by atoms with E-state index in [2.05, 4.69) is 12.2 Å². The monoisotopic (exact) mass is 292 g/mol. The van der Waals surface area contributed by atoms with Crippen LogP contribution in [0.4, 0.5) is 5.69 Å². The summed E-state index contributed by atoms with van der Waals surface area (Å²) in [5.41, 5.74) is 8.11. The maximum absolute atomic E-state index is 5.81. The van der Waals surface area contributed by atoms with Crippen LogP contribution in [0, 0.1) is 5.41 Å². The van der Waals surface area contributed by atoms with Crippen LogP contribution < -0.4 is 15.8 Å². The zero-order chi connectivity index (χ0) is 14.6. The molecule has 2 rings (SSSR count). The van der Waals surface area contributed by atoms with Crippen molar-refractivity contribution in [3.63, 3.8) is 0 Å². The minimum Gasteiger partial charge on any atom is -0.497 e. The molecule has 0 radical (unpaired) electrons. The number of methoxy groups -OCH3 is 1. The molecule has 110 valence electrons. The van der Waals surface area contributed by atoms with E-state index in [1.807, 2.05) is 18.2 Å². The first kappa shape index (κ1) is 15.1. The fraction of sp³-hybridized carbons (Fsp3) is 0.562. The molecular weight excluding hydrogens is 268 g/mol. The highest BCUT2D eigenvalue weighted by Crippen LogP contribution is 2.41. The molecule has 3 N–H and O–H groups in total. The van der Waals surface area contributed by atoms with Crippen molar-refractivity contribution in [1.29, 1.82) is 0 Å². The standard InChI is InChI=1S/C16H24N2OS/c1-3-16(8-4-5-9-16)11-18-14-10-12(19-2)6-7-13(14)15(17)20/h6-7,10,18H,3-5,8-9,11H2,1-2H3,(H2,17,20). The summed E-state index contributed by atoms with van der Waals surface area (Å²) in [5.74, 6) is 0.824. The van der Waals surface area contributed by atoms with Crippen molar-refractivity contribution >= 4 is 22.9 Å². The van der Waals surface area contributed by atoms with E-state index in [4.69, 9.17) is 22.7 Å². The Kier molecular flexibility index (Phi) is 4.86. The Balaban J connectivity index is 2.16. The summed E-state index contributed by atoms with van der Waals surface area (Å²) in [7, 11) is 1.67. The van der Waals surface area contributed by atoms with E-state index >= 15 is 0 Å². The highest BCUT2D eigenvalue weighted by molar-refractivity contribution is 7.80. The molecule has 0 aliphatic heterocycles. The summed E-state index contributed by atoms with van der Waals surface area (Å²) in [6.07, 6.45) is 6.52. The van der Waals surface area contributed by atoms with E-state index in [9.17, 15) is 0 Å². The predicted molar refractivity (Wildman–Crippen MR) is 88.6 cm³/mol. The third kappa shape index (κ3) is 3.23. The van der Waals surface area contributed by atoms with Gasteiger partial charge in [-0.25, -0.2) is 0 Å². The quantitative estimate of drug-likeness (QED) is 0.785. The van der Waals surface area contributed by atoms with E-state index in [-0.39, 0.29) is 0 Å². The van der Waals surface area contributed by atoms with Crippen LogP contribution in [0.1, 0.15) is 44.6 Å². The molecule has 0 heterocycles. The molecule has 0 unspecified atom stereocenters. The van der Waals surface area contributed by atoms with Gasteiger partial charge in [-0.2, -0.15) is 0 Å². The zero-order valence-corrected chi connectivity index (χ0v) is 13.2. The number of hydrogen-bond acceptors (Lipinski definition) is 3. The topological polar surface area (TPSA) is 47.3 Å². The van der Waals surface area contributed by atoms with Gasteiger partial charge in [-0.05, 0) is 36.8 Å². The lowest BCUT2D eigenvalue weighted by molar-refractivity contribution is 0.307. The molecule has 0 amide bonds. The number of thiocarbonyl (C=S) groups is 1. The molecule has 1 saturated carbocycles. The summed E-state index contributed by atoms with van der Waals surface area (Å²) in [6.45, 7) is 3.26. The number of rotatable bonds is 6. The number of anilines is 1. The van der Waals surface area contributed by atoms with Crippen molar-refractivity contribution in [3.8, 4) is 5.75 Å². The average molecular weight is 292 g/mol. The van der Waals surface area contributed by atoms with Crippen LogP contribution in [0.2, 0.25) is 0 Å². The van der Waals surface area contributed by atoms with E-state index < -0.39 is 0 Å². The van der Waals surface area contributed by atoms with Crippen LogP contribution in [0.15, 0.2) is 18.2 Å². The van der Waals surface area contributed by atoms with Gasteiger partial charge >= 0.3 is 0 Å². The molecule has 1 aromatic rings. The molecule has 20 heavy (non-hydrogen) atoms. The summed E-state index contributed by atoms with van der Waals surface area (Å²) < 4.78 is 5.29. The van der Waals surface area contributed by atoms with Gasteiger partial charge in [-0.15, -0.1) is 0 Å². The van der Waals surface area contributed by atoms with Crippen molar-refractivity contribution < 1.29 is 4.74 Å². The third-order valence-corrected chi connectivity index (χ3v) is 4.78. The fourth-order valence-corrected chi connectivity index (χ4v) is 3.25. The first-order valence-electron chi connectivity index (χ1n) is 7.32. The second-order valence-electron chi connectivity index (χ2n) is 5.69. The Morgan fingerprint density at radius 3 is 2.65 bits per heavy atom. The van der Waals surface area contributed by atoms with Gasteiger partial charge in [-0.1, -0.05) is 32.0 Å². The number of hydrogen-bond donors (Lipinski definition) is 2. The van der Waals surface area contributed by atoms with Gasteiger partial charge in [0.25, 0.3) is 0 Å². The molecule has 4 heteroatoms. The Morgan fingerprint density at radius 2 is 2.10 bits per heavy atom. The van der Waals surface area contributed by atoms with Crippen LogP contribution in [0.25, 0.3) is 0 Å². The summed E-state index contributed by atoms with van der Waals surface area (Å²) in [5, 5.41) is 3.56. The minimum absolute atomic E-state index is 0.423. The van der Waals surface area contributed by atoms with E-state index in [1.165, 1.54) is 32.1 Å². The first-order valence-corrected chi connectivity index (χ1v) is 7.73. The van der Waals surface area contributed by atoms with Crippen molar-refractivity contribution in [2.75, 3.05) is 19.0 Å².